The van der Waals surface area contributed by atoms with Crippen LogP contribution in [0, 0.1) is 0 Å². The van der Waals surface area contributed by atoms with E-state index < -0.39 is 0 Å². The van der Waals surface area contributed by atoms with Gasteiger partial charge in [-0.3, -0.25) is 0 Å². The minimum absolute atomic E-state index is 0.236. The molecule has 0 radical (unpaired) electrons. The smallest absolute Gasteiger partial charge is 0.0349 e. The van der Waals surface area contributed by atoms with Crippen molar-refractivity contribution in [1.29, 1.82) is 0 Å². The number of hydrogen-bond acceptors (Lipinski definition) is 2. The second-order valence-electron chi connectivity index (χ2n) is 6.70. The van der Waals surface area contributed by atoms with Gasteiger partial charge in [0.15, 0.2) is 0 Å². The van der Waals surface area contributed by atoms with Gasteiger partial charge in [-0.25, -0.2) is 0 Å². The molecule has 1 heterocycles. The third-order valence-corrected chi connectivity index (χ3v) is 5.18. The molecule has 0 aliphatic heterocycles. The van der Waals surface area contributed by atoms with Gasteiger partial charge in [0.2, 0.25) is 0 Å². The van der Waals surface area contributed by atoms with Gasteiger partial charge in [-0.2, -0.15) is 0 Å². The second kappa shape index (κ2) is 4.60. The molecule has 2 aromatic rings. The van der Waals surface area contributed by atoms with Crippen molar-refractivity contribution in [3.63, 3.8) is 0 Å². The number of rotatable bonds is 3. The molecule has 102 valence electrons. The number of benzene rings is 1. The number of nitrogens with one attached hydrogen (secondary N) is 1. The predicted molar refractivity (Wildman–Crippen MR) is 85.3 cm³/mol. The van der Waals surface area contributed by atoms with Crippen molar-refractivity contribution in [3.8, 4) is 0 Å². The van der Waals surface area contributed by atoms with E-state index in [0.717, 1.165) is 12.5 Å². The minimum atomic E-state index is 0.236. The molecule has 1 nitrogen and oxygen atoms in total. The fraction of sp³-hybridized carbons (Fsp3) is 0.529. The van der Waals surface area contributed by atoms with Crippen LogP contribution in [0.15, 0.2) is 18.2 Å². The molecule has 1 aromatic heterocycles. The first kappa shape index (κ1) is 13.1. The molecule has 0 spiro atoms. The fourth-order valence-corrected chi connectivity index (χ4v) is 4.03. The first-order valence-corrected chi connectivity index (χ1v) is 8.03. The lowest BCUT2D eigenvalue weighted by atomic mass is 9.86. The molecule has 1 aliphatic carbocycles. The Morgan fingerprint density at radius 2 is 2.00 bits per heavy atom. The van der Waals surface area contributed by atoms with Gasteiger partial charge in [0.1, 0.15) is 0 Å². The molecular weight excluding hydrogens is 250 g/mol. The third-order valence-electron chi connectivity index (χ3n) is 3.99. The molecule has 2 heteroatoms. The largest absolute Gasteiger partial charge is 0.315 e. The summed E-state index contributed by atoms with van der Waals surface area (Å²) in [5.41, 5.74) is 3.33. The van der Waals surface area contributed by atoms with Crippen LogP contribution in [0.5, 0.6) is 0 Å². The van der Waals surface area contributed by atoms with E-state index in [2.05, 4.69) is 44.3 Å². The summed E-state index contributed by atoms with van der Waals surface area (Å²) in [6.45, 7) is 7.90. The summed E-state index contributed by atoms with van der Waals surface area (Å²) in [7, 11) is 2.04. The molecule has 0 unspecified atom stereocenters. The van der Waals surface area contributed by atoms with Crippen LogP contribution in [0.25, 0.3) is 10.1 Å². The molecule has 0 atom stereocenters. The molecule has 0 amide bonds. The van der Waals surface area contributed by atoms with Gasteiger partial charge in [-0.05, 0) is 59.9 Å². The summed E-state index contributed by atoms with van der Waals surface area (Å²) >= 11 is 1.97. The highest BCUT2D eigenvalue weighted by Gasteiger charge is 2.29. The molecule has 0 bridgehead atoms. The highest BCUT2D eigenvalue weighted by molar-refractivity contribution is 7.19. The second-order valence-corrected chi connectivity index (χ2v) is 7.84. The summed E-state index contributed by atoms with van der Waals surface area (Å²) in [4.78, 5) is 1.55. The van der Waals surface area contributed by atoms with Crippen LogP contribution in [0.1, 0.15) is 55.5 Å². The van der Waals surface area contributed by atoms with E-state index in [4.69, 9.17) is 0 Å². The number of fused-ring (bicyclic) bond motifs is 1. The zero-order chi connectivity index (χ0) is 13.6. The zero-order valence-corrected chi connectivity index (χ0v) is 13.2. The van der Waals surface area contributed by atoms with Gasteiger partial charge in [0, 0.05) is 16.1 Å². The van der Waals surface area contributed by atoms with Crippen LogP contribution in [0.2, 0.25) is 0 Å². The van der Waals surface area contributed by atoms with E-state index >= 15 is 0 Å². The molecule has 0 saturated heterocycles. The monoisotopic (exact) mass is 273 g/mol. The highest BCUT2D eigenvalue weighted by Crippen LogP contribution is 2.48. The third kappa shape index (κ3) is 2.44. The maximum atomic E-state index is 3.32. The van der Waals surface area contributed by atoms with Crippen molar-refractivity contribution in [2.24, 2.45) is 0 Å². The lowest BCUT2D eigenvalue weighted by molar-refractivity contribution is 0.591. The maximum Gasteiger partial charge on any atom is 0.0349 e. The molecule has 19 heavy (non-hydrogen) atoms. The average Bonchev–Trinajstić information content (AvgIpc) is 3.09. The van der Waals surface area contributed by atoms with E-state index in [9.17, 15) is 0 Å². The molecular formula is C17H23NS. The van der Waals surface area contributed by atoms with Gasteiger partial charge in [-0.15, -0.1) is 11.3 Å². The maximum absolute atomic E-state index is 3.32. The first-order chi connectivity index (χ1) is 9.00. The number of thiophene rings is 1. The Morgan fingerprint density at radius 3 is 2.58 bits per heavy atom. The Balaban J connectivity index is 2.17. The predicted octanol–water partition coefficient (Wildman–Crippen LogP) is 4.80. The summed E-state index contributed by atoms with van der Waals surface area (Å²) in [6.07, 6.45) is 2.75. The highest BCUT2D eigenvalue weighted by atomic mass is 32.1. The van der Waals surface area contributed by atoms with Gasteiger partial charge in [0.25, 0.3) is 0 Å². The van der Waals surface area contributed by atoms with E-state index in [-0.39, 0.29) is 5.41 Å². The summed E-state index contributed by atoms with van der Waals surface area (Å²) in [5, 5.41) is 4.84. The quantitative estimate of drug-likeness (QED) is 0.847. The molecule has 1 saturated carbocycles. The van der Waals surface area contributed by atoms with Crippen LogP contribution in [0.3, 0.4) is 0 Å². The van der Waals surface area contributed by atoms with Crippen LogP contribution in [-0.4, -0.2) is 7.05 Å². The molecule has 1 aliphatic rings. The summed E-state index contributed by atoms with van der Waals surface area (Å²) < 4.78 is 1.46. The van der Waals surface area contributed by atoms with Crippen LogP contribution in [0.4, 0.5) is 0 Å². The average molecular weight is 273 g/mol. The van der Waals surface area contributed by atoms with E-state index in [1.54, 1.807) is 10.4 Å². The van der Waals surface area contributed by atoms with E-state index in [1.807, 2.05) is 18.4 Å². The Labute approximate surface area is 120 Å². The summed E-state index contributed by atoms with van der Waals surface area (Å²) in [6, 6.07) is 7.07. The lowest BCUT2D eigenvalue weighted by Gasteiger charge is -2.19. The van der Waals surface area contributed by atoms with Gasteiger partial charge >= 0.3 is 0 Å². The van der Waals surface area contributed by atoms with E-state index in [0.29, 0.717) is 0 Å². The molecule has 1 aromatic carbocycles. The molecule has 1 N–H and O–H groups in total. The van der Waals surface area contributed by atoms with Crippen molar-refractivity contribution in [1.82, 2.24) is 5.32 Å². The normalized spacial score (nSPS) is 16.2. The first-order valence-electron chi connectivity index (χ1n) is 7.21. The SMILES string of the molecule is CNCc1sc2ccc(C(C)(C)C)cc2c1C1CC1. The topological polar surface area (TPSA) is 12.0 Å². The standard InChI is InChI=1S/C17H23NS/c1-17(2,3)12-7-8-14-13(9-12)16(11-5-6-11)15(19-14)10-18-4/h7-9,11,18H,5-6,10H2,1-4H3. The van der Waals surface area contributed by atoms with Crippen molar-refractivity contribution >= 4 is 21.4 Å². The van der Waals surface area contributed by atoms with Gasteiger partial charge in [-0.1, -0.05) is 26.8 Å². The lowest BCUT2D eigenvalue weighted by Crippen LogP contribution is -2.10. The zero-order valence-electron chi connectivity index (χ0n) is 12.3. The van der Waals surface area contributed by atoms with Crippen molar-refractivity contribution in [3.05, 3.63) is 34.2 Å². The minimum Gasteiger partial charge on any atom is -0.315 e. The van der Waals surface area contributed by atoms with Crippen molar-refractivity contribution in [2.75, 3.05) is 7.05 Å². The fourth-order valence-electron chi connectivity index (χ4n) is 2.75. The van der Waals surface area contributed by atoms with Gasteiger partial charge < -0.3 is 5.32 Å². The summed E-state index contributed by atoms with van der Waals surface area (Å²) in [5.74, 6) is 0.826. The Bertz CT molecular complexity index is 599. The van der Waals surface area contributed by atoms with Crippen LogP contribution in [-0.2, 0) is 12.0 Å². The van der Waals surface area contributed by atoms with Gasteiger partial charge in [0.05, 0.1) is 0 Å². The Morgan fingerprint density at radius 1 is 1.26 bits per heavy atom. The van der Waals surface area contributed by atoms with Crippen LogP contribution >= 0.6 is 11.3 Å². The van der Waals surface area contributed by atoms with Crippen LogP contribution < -0.4 is 5.32 Å². The van der Waals surface area contributed by atoms with Crippen molar-refractivity contribution < 1.29 is 0 Å². The number of hydrogen-bond donors (Lipinski definition) is 1. The Kier molecular flexibility index (Phi) is 3.18. The van der Waals surface area contributed by atoms with Crippen molar-refractivity contribution in [2.45, 2.75) is 51.5 Å². The molecule has 1 fully saturated rings. The Hall–Kier alpha value is -0.860. The molecule has 3 rings (SSSR count). The van der Waals surface area contributed by atoms with E-state index in [1.165, 1.54) is 28.5 Å².